The Morgan fingerprint density at radius 2 is 1.84 bits per heavy atom. The van der Waals surface area contributed by atoms with Gasteiger partial charge in [0.25, 0.3) is 0 Å². The number of thiazole rings is 1. The van der Waals surface area contributed by atoms with Crippen molar-refractivity contribution in [3.05, 3.63) is 71.1 Å². The summed E-state index contributed by atoms with van der Waals surface area (Å²) in [6.07, 6.45) is 0. The van der Waals surface area contributed by atoms with Crippen LogP contribution in [0.15, 0.2) is 59.0 Å². The number of para-hydroxylation sites is 2. The van der Waals surface area contributed by atoms with Crippen LogP contribution in [0, 0.1) is 6.92 Å². The minimum atomic E-state index is -0.417. The third kappa shape index (κ3) is 3.16. The Bertz CT molecular complexity index is 1000. The fourth-order valence-electron chi connectivity index (χ4n) is 2.46. The Kier molecular flexibility index (Phi) is 4.03. The quantitative estimate of drug-likeness (QED) is 0.503. The van der Waals surface area contributed by atoms with Gasteiger partial charge in [0.05, 0.1) is 5.69 Å². The molecule has 0 saturated heterocycles. The van der Waals surface area contributed by atoms with Gasteiger partial charge in [0.1, 0.15) is 15.4 Å². The molecule has 0 fully saturated rings. The summed E-state index contributed by atoms with van der Waals surface area (Å²) in [7, 11) is 0. The summed E-state index contributed by atoms with van der Waals surface area (Å²) in [5.74, 6) is -0.0422. The molecule has 0 aliphatic heterocycles. The smallest absolute Gasteiger partial charge is 0.350 e. The Labute approximate surface area is 147 Å². The van der Waals surface area contributed by atoms with Crippen molar-refractivity contribution >= 4 is 28.4 Å². The molecular formula is C19H14N2O3S. The van der Waals surface area contributed by atoms with Crippen LogP contribution in [-0.4, -0.2) is 15.9 Å². The van der Waals surface area contributed by atoms with Gasteiger partial charge in [0, 0.05) is 5.56 Å². The van der Waals surface area contributed by atoms with Crippen molar-refractivity contribution in [3.63, 3.8) is 0 Å². The molecule has 124 valence electrons. The van der Waals surface area contributed by atoms with E-state index >= 15 is 0 Å². The number of nitrogens with zero attached hydrogens (tertiary/aromatic N) is 2. The molecule has 0 spiro atoms. The molecular weight excluding hydrogens is 336 g/mol. The summed E-state index contributed by atoms with van der Waals surface area (Å²) >= 11 is 1.32. The molecule has 25 heavy (non-hydrogen) atoms. The van der Waals surface area contributed by atoms with Crippen molar-refractivity contribution in [2.24, 2.45) is 0 Å². The van der Waals surface area contributed by atoms with Gasteiger partial charge < -0.3 is 9.15 Å². The molecule has 0 saturated carbocycles. The monoisotopic (exact) mass is 350 g/mol. The van der Waals surface area contributed by atoms with Crippen molar-refractivity contribution < 1.29 is 13.9 Å². The number of hydrogen-bond acceptors (Lipinski definition) is 6. The molecule has 2 aromatic heterocycles. The van der Waals surface area contributed by atoms with Crippen molar-refractivity contribution in [3.8, 4) is 10.6 Å². The molecule has 0 bridgehead atoms. The van der Waals surface area contributed by atoms with E-state index in [4.69, 9.17) is 9.15 Å². The summed E-state index contributed by atoms with van der Waals surface area (Å²) in [5.41, 5.74) is 3.06. The summed E-state index contributed by atoms with van der Waals surface area (Å²) in [6, 6.07) is 17.2. The molecule has 0 N–H and O–H groups in total. The van der Waals surface area contributed by atoms with Crippen molar-refractivity contribution in [2.45, 2.75) is 13.5 Å². The number of oxazole rings is 1. The zero-order valence-corrected chi connectivity index (χ0v) is 14.2. The molecule has 6 heteroatoms. The van der Waals surface area contributed by atoms with E-state index in [0.29, 0.717) is 22.0 Å². The first-order chi connectivity index (χ1) is 12.2. The van der Waals surface area contributed by atoms with Crippen LogP contribution in [0.2, 0.25) is 0 Å². The van der Waals surface area contributed by atoms with E-state index in [2.05, 4.69) is 9.97 Å². The molecule has 0 radical (unpaired) electrons. The Morgan fingerprint density at radius 1 is 1.08 bits per heavy atom. The van der Waals surface area contributed by atoms with Crippen LogP contribution < -0.4 is 0 Å². The van der Waals surface area contributed by atoms with Crippen LogP contribution in [0.4, 0.5) is 0 Å². The molecule has 4 rings (SSSR count). The highest BCUT2D eigenvalue weighted by Crippen LogP contribution is 2.28. The van der Waals surface area contributed by atoms with Gasteiger partial charge in [-0.25, -0.2) is 14.8 Å². The lowest BCUT2D eigenvalue weighted by Gasteiger charge is -2.00. The van der Waals surface area contributed by atoms with Crippen LogP contribution in [0.25, 0.3) is 21.7 Å². The molecule has 0 amide bonds. The van der Waals surface area contributed by atoms with Crippen molar-refractivity contribution in [1.82, 2.24) is 9.97 Å². The van der Waals surface area contributed by atoms with E-state index in [1.54, 1.807) is 6.92 Å². The first-order valence-electron chi connectivity index (χ1n) is 7.75. The standard InChI is InChI=1S/C19H14N2O3S/c1-12-17(25-18(20-12)13-7-3-2-4-8-13)19(22)23-11-16-21-14-9-5-6-10-15(14)24-16/h2-10H,11H2,1H3. The zero-order chi connectivity index (χ0) is 17.2. The largest absolute Gasteiger partial charge is 0.451 e. The SMILES string of the molecule is Cc1nc(-c2ccccc2)sc1C(=O)OCc1nc2ccccc2o1. The first-order valence-corrected chi connectivity index (χ1v) is 8.57. The third-order valence-electron chi connectivity index (χ3n) is 3.67. The molecule has 0 atom stereocenters. The highest BCUT2D eigenvalue weighted by atomic mass is 32.1. The minimum Gasteiger partial charge on any atom is -0.451 e. The van der Waals surface area contributed by atoms with Gasteiger partial charge in [-0.15, -0.1) is 11.3 Å². The molecule has 0 unspecified atom stereocenters. The Morgan fingerprint density at radius 3 is 2.64 bits per heavy atom. The highest BCUT2D eigenvalue weighted by molar-refractivity contribution is 7.17. The van der Waals surface area contributed by atoms with Gasteiger partial charge in [0.2, 0.25) is 5.89 Å². The molecule has 2 aromatic carbocycles. The van der Waals surface area contributed by atoms with E-state index in [9.17, 15) is 4.79 Å². The van der Waals surface area contributed by atoms with E-state index < -0.39 is 5.97 Å². The predicted octanol–water partition coefficient (Wildman–Crippen LogP) is 4.62. The van der Waals surface area contributed by atoms with Gasteiger partial charge in [0.15, 0.2) is 12.2 Å². The summed E-state index contributed by atoms with van der Waals surface area (Å²) < 4.78 is 10.9. The van der Waals surface area contributed by atoms with E-state index in [1.807, 2.05) is 54.6 Å². The number of ether oxygens (including phenoxy) is 1. The number of fused-ring (bicyclic) bond motifs is 1. The number of esters is 1. The van der Waals surface area contributed by atoms with Gasteiger partial charge in [-0.2, -0.15) is 0 Å². The second-order valence-electron chi connectivity index (χ2n) is 5.45. The predicted molar refractivity (Wildman–Crippen MR) is 95.4 cm³/mol. The lowest BCUT2D eigenvalue weighted by Crippen LogP contribution is -2.05. The van der Waals surface area contributed by atoms with Gasteiger partial charge in [-0.1, -0.05) is 42.5 Å². The van der Waals surface area contributed by atoms with Gasteiger partial charge in [-0.3, -0.25) is 0 Å². The van der Waals surface area contributed by atoms with Crippen LogP contribution in [-0.2, 0) is 11.3 Å². The van der Waals surface area contributed by atoms with Crippen LogP contribution in [0.5, 0.6) is 0 Å². The van der Waals surface area contributed by atoms with Gasteiger partial charge >= 0.3 is 5.97 Å². The number of hydrogen-bond donors (Lipinski definition) is 0. The lowest BCUT2D eigenvalue weighted by molar-refractivity contribution is 0.0445. The maximum absolute atomic E-state index is 12.4. The zero-order valence-electron chi connectivity index (χ0n) is 13.4. The topological polar surface area (TPSA) is 65.2 Å². The number of carbonyl (C=O) groups is 1. The van der Waals surface area contributed by atoms with Gasteiger partial charge in [-0.05, 0) is 19.1 Å². The summed E-state index contributed by atoms with van der Waals surface area (Å²) in [5, 5.41) is 0.798. The second-order valence-corrected chi connectivity index (χ2v) is 6.45. The Hall–Kier alpha value is -2.99. The minimum absolute atomic E-state index is 0.00841. The summed E-state index contributed by atoms with van der Waals surface area (Å²) in [6.45, 7) is 1.80. The normalized spacial score (nSPS) is 10.9. The van der Waals surface area contributed by atoms with Crippen LogP contribution in [0.1, 0.15) is 21.3 Å². The number of aryl methyl sites for hydroxylation is 1. The number of benzene rings is 2. The maximum Gasteiger partial charge on any atom is 0.350 e. The molecule has 2 heterocycles. The fourth-order valence-corrected chi connectivity index (χ4v) is 3.43. The van der Waals surface area contributed by atoms with Crippen LogP contribution >= 0.6 is 11.3 Å². The number of carbonyl (C=O) groups excluding carboxylic acids is 1. The first kappa shape index (κ1) is 15.5. The average Bonchev–Trinajstić information content (AvgIpc) is 3.23. The third-order valence-corrected chi connectivity index (χ3v) is 4.85. The van der Waals surface area contributed by atoms with E-state index in [1.165, 1.54) is 11.3 Å². The highest BCUT2D eigenvalue weighted by Gasteiger charge is 2.18. The van der Waals surface area contributed by atoms with Crippen molar-refractivity contribution in [2.75, 3.05) is 0 Å². The average molecular weight is 350 g/mol. The lowest BCUT2D eigenvalue weighted by atomic mass is 10.2. The molecule has 0 aliphatic rings. The number of aromatic nitrogens is 2. The second kappa shape index (κ2) is 6.49. The van der Waals surface area contributed by atoms with Crippen molar-refractivity contribution in [1.29, 1.82) is 0 Å². The van der Waals surface area contributed by atoms with Crippen LogP contribution in [0.3, 0.4) is 0 Å². The summed E-state index contributed by atoms with van der Waals surface area (Å²) in [4.78, 5) is 21.6. The Balaban J connectivity index is 1.50. The molecule has 4 aromatic rings. The molecule has 0 aliphatic carbocycles. The van der Waals surface area contributed by atoms with E-state index in [-0.39, 0.29) is 6.61 Å². The molecule has 5 nitrogen and oxygen atoms in total. The maximum atomic E-state index is 12.4. The fraction of sp³-hybridized carbons (Fsp3) is 0.105. The number of rotatable bonds is 4. The van der Waals surface area contributed by atoms with E-state index in [0.717, 1.165) is 16.1 Å².